The molecule has 0 atom stereocenters. The average molecular weight is 241 g/mol. The molecule has 0 aliphatic heterocycles. The molecule has 1 rings (SSSR count). The Morgan fingerprint density at radius 3 is 0.312 bits per heavy atom. The smallest absolute Gasteiger partial charge is 0.0533 e. The number of hydrogen-bond acceptors (Lipinski definition) is 0. The Bertz CT molecular complexity index is 24.0. The molecule has 1 aliphatic rings. The normalized spacial score (nSPS) is 12.0. The van der Waals surface area contributed by atoms with Crippen LogP contribution in [-0.4, -0.2) is 0 Å². The predicted molar refractivity (Wildman–Crippen MR) is 90.8 cm³/mol. The second kappa shape index (κ2) is 45.9. The van der Waals surface area contributed by atoms with Gasteiger partial charge < -0.3 is 0 Å². The van der Waals surface area contributed by atoms with Gasteiger partial charge in [-0.25, -0.2) is 0 Å². The highest BCUT2D eigenvalue weighted by Gasteiger charge is 1.95. The molecule has 0 spiro atoms. The van der Waals surface area contributed by atoms with E-state index in [0.29, 0.717) is 0 Å². The summed E-state index contributed by atoms with van der Waals surface area (Å²) < 4.78 is 0. The zero-order chi connectivity index (χ0) is 5.66. The number of hydrogen-bond donors (Lipinski definition) is 0. The van der Waals surface area contributed by atoms with Crippen LogP contribution in [0.1, 0.15) is 111 Å². The lowest BCUT2D eigenvalue weighted by Crippen LogP contribution is -1.85. The zero-order valence-electron chi connectivity index (χ0n) is 5.66. The van der Waals surface area contributed by atoms with Gasteiger partial charge in [0.15, 0.2) is 0 Å². The Kier molecular flexibility index (Phi) is 161. The maximum Gasteiger partial charge on any atom is -0.0533 e. The Hall–Kier alpha value is 0. The largest absolute Gasteiger partial charge is 0.0776 e. The molecule has 0 heterocycles. The fourth-order valence-corrected chi connectivity index (χ4v) is 1.41. The minimum absolute atomic E-state index is 0. The first-order valence-electron chi connectivity index (χ1n) is 4.00. The molecule has 112 valence electrons. The molecule has 0 aromatic rings. The van der Waals surface area contributed by atoms with E-state index >= 15 is 0 Å². The van der Waals surface area contributed by atoms with Crippen LogP contribution in [0, 0.1) is 0 Å². The van der Waals surface area contributed by atoms with E-state index in [4.69, 9.17) is 0 Å². The van der Waals surface area contributed by atoms with Gasteiger partial charge in [-0.15, -0.1) is 0 Å². The van der Waals surface area contributed by atoms with E-state index in [1.165, 1.54) is 51.4 Å². The third-order valence-electron chi connectivity index (χ3n) is 2.00. The zero-order valence-corrected chi connectivity index (χ0v) is 5.66. The van der Waals surface area contributed by atoms with Crippen LogP contribution in [0.5, 0.6) is 0 Å². The molecule has 1 fully saturated rings. The van der Waals surface area contributed by atoms with Gasteiger partial charge in [0.1, 0.15) is 0 Å². The molecule has 0 unspecified atom stereocenters. The van der Waals surface area contributed by atoms with Gasteiger partial charge in [0.05, 0.1) is 0 Å². The van der Waals surface area contributed by atoms with Crippen molar-refractivity contribution in [1.29, 1.82) is 0 Å². The molecule has 1 aliphatic carbocycles. The van der Waals surface area contributed by atoms with Gasteiger partial charge in [0, 0.05) is 0 Å². The number of rotatable bonds is 0. The molecule has 16 heavy (non-hydrogen) atoms. The summed E-state index contributed by atoms with van der Waals surface area (Å²) in [6, 6.07) is 0. The molecule has 0 aromatic heterocycles. The van der Waals surface area contributed by atoms with Crippen molar-refractivity contribution in [2.24, 2.45) is 0 Å². The van der Waals surface area contributed by atoms with Crippen LogP contribution in [0.3, 0.4) is 0 Å². The van der Waals surface area contributed by atoms with Crippen molar-refractivity contribution in [3.05, 3.63) is 0 Å². The maximum absolute atomic E-state index is 1.50. The molecular formula is C16H48. The molecule has 0 aromatic carbocycles. The summed E-state index contributed by atoms with van der Waals surface area (Å²) in [6.45, 7) is 0. The van der Waals surface area contributed by atoms with Crippen molar-refractivity contribution in [2.75, 3.05) is 0 Å². The minimum Gasteiger partial charge on any atom is -0.0776 e. The summed E-state index contributed by atoms with van der Waals surface area (Å²) >= 11 is 0. The minimum atomic E-state index is 0. The predicted octanol–water partition coefficient (Wildman–Crippen LogP) is 8.21. The highest BCUT2D eigenvalue weighted by atomic mass is 14.0. The topological polar surface area (TPSA) is 0 Å². The monoisotopic (exact) mass is 240 g/mol. The van der Waals surface area contributed by atoms with Crippen LogP contribution in [0.2, 0.25) is 0 Å². The highest BCUT2D eigenvalue weighted by molar-refractivity contribution is 4.51. The van der Waals surface area contributed by atoms with Crippen molar-refractivity contribution in [3.63, 3.8) is 0 Å². The van der Waals surface area contributed by atoms with Crippen molar-refractivity contribution >= 4 is 0 Å². The van der Waals surface area contributed by atoms with Crippen molar-refractivity contribution in [2.45, 2.75) is 111 Å². The van der Waals surface area contributed by atoms with Crippen LogP contribution in [-0.2, 0) is 0 Å². The van der Waals surface area contributed by atoms with Crippen LogP contribution in [0.4, 0.5) is 0 Å². The molecule has 0 bridgehead atoms. The van der Waals surface area contributed by atoms with Gasteiger partial charge in [-0.1, -0.05) is 111 Å². The maximum atomic E-state index is 1.50. The van der Waals surface area contributed by atoms with Gasteiger partial charge in [-0.2, -0.15) is 0 Å². The first-order chi connectivity index (χ1) is 4.00. The summed E-state index contributed by atoms with van der Waals surface area (Å²) in [7, 11) is 0. The highest BCUT2D eigenvalue weighted by Crippen LogP contribution is 2.15. The summed E-state index contributed by atoms with van der Waals surface area (Å²) in [5.74, 6) is 0. The summed E-state index contributed by atoms with van der Waals surface area (Å²) in [4.78, 5) is 0. The quantitative estimate of drug-likeness (QED) is 0.400. The van der Waals surface area contributed by atoms with Gasteiger partial charge >= 0.3 is 0 Å². The van der Waals surface area contributed by atoms with E-state index in [1.54, 1.807) is 0 Å². The third-order valence-corrected chi connectivity index (χ3v) is 2.00. The van der Waals surface area contributed by atoms with E-state index in [2.05, 4.69) is 0 Å². The van der Waals surface area contributed by atoms with Crippen LogP contribution < -0.4 is 0 Å². The molecule has 1 saturated carbocycles. The first-order valence-corrected chi connectivity index (χ1v) is 4.00. The standard InChI is InChI=1S/C8H16.8CH4/c1-2-4-6-8-7-5-3-1;;;;;;;;/h1-8H2;8*1H4. The van der Waals surface area contributed by atoms with Crippen LogP contribution >= 0.6 is 0 Å². The van der Waals surface area contributed by atoms with Crippen molar-refractivity contribution < 1.29 is 0 Å². The SMILES string of the molecule is C.C.C.C.C.C.C.C.C1CCCCCCC1. The van der Waals surface area contributed by atoms with Gasteiger partial charge in [0.25, 0.3) is 0 Å². The fourth-order valence-electron chi connectivity index (χ4n) is 1.41. The fraction of sp³-hybridized carbons (Fsp3) is 1.00. The molecule has 0 heteroatoms. The lowest BCUT2D eigenvalue weighted by atomic mass is 10.0. The Balaban J connectivity index is -0.0000000133. The Morgan fingerprint density at radius 1 is 0.188 bits per heavy atom. The molecule has 0 nitrogen and oxygen atoms in total. The van der Waals surface area contributed by atoms with E-state index in [1.807, 2.05) is 0 Å². The molecule has 0 radical (unpaired) electrons. The van der Waals surface area contributed by atoms with Crippen molar-refractivity contribution in [1.82, 2.24) is 0 Å². The van der Waals surface area contributed by atoms with E-state index in [-0.39, 0.29) is 59.4 Å². The second-order valence-corrected chi connectivity index (χ2v) is 2.83. The first kappa shape index (κ1) is 56.2. The van der Waals surface area contributed by atoms with E-state index < -0.39 is 0 Å². The molecule has 0 saturated heterocycles. The summed E-state index contributed by atoms with van der Waals surface area (Å²) in [6.07, 6.45) is 12.0. The van der Waals surface area contributed by atoms with E-state index in [9.17, 15) is 0 Å². The van der Waals surface area contributed by atoms with E-state index in [0.717, 1.165) is 0 Å². The third kappa shape index (κ3) is 37.0. The second-order valence-electron chi connectivity index (χ2n) is 2.83. The lowest BCUT2D eigenvalue weighted by Gasteiger charge is -2.05. The van der Waals surface area contributed by atoms with Crippen molar-refractivity contribution in [3.8, 4) is 0 Å². The van der Waals surface area contributed by atoms with Gasteiger partial charge in [0.2, 0.25) is 0 Å². The molecular weight excluding hydrogens is 192 g/mol. The molecule has 0 N–H and O–H groups in total. The Labute approximate surface area is 111 Å². The average Bonchev–Trinajstić information content (AvgIpc) is 1.62. The van der Waals surface area contributed by atoms with Gasteiger partial charge in [-0.05, 0) is 0 Å². The summed E-state index contributed by atoms with van der Waals surface area (Å²) in [5, 5.41) is 0. The summed E-state index contributed by atoms with van der Waals surface area (Å²) in [5.41, 5.74) is 0. The molecule has 0 amide bonds. The Morgan fingerprint density at radius 2 is 0.250 bits per heavy atom. The lowest BCUT2D eigenvalue weighted by molar-refractivity contribution is 0.504. The van der Waals surface area contributed by atoms with Crippen LogP contribution in [0.15, 0.2) is 0 Å². The van der Waals surface area contributed by atoms with Crippen LogP contribution in [0.25, 0.3) is 0 Å². The van der Waals surface area contributed by atoms with Gasteiger partial charge in [-0.3, -0.25) is 0 Å².